The average Bonchev–Trinajstić information content (AvgIpc) is 2.71. The molecule has 6 nitrogen and oxygen atoms in total. The summed E-state index contributed by atoms with van der Waals surface area (Å²) in [6.07, 6.45) is 0. The van der Waals surface area contributed by atoms with Crippen molar-refractivity contribution in [2.45, 2.75) is 18.6 Å². The van der Waals surface area contributed by atoms with E-state index in [1.165, 1.54) is 6.07 Å². The first-order valence-electron chi connectivity index (χ1n) is 5.44. The van der Waals surface area contributed by atoms with E-state index in [0.717, 1.165) is 5.57 Å². The molecule has 0 radical (unpaired) electrons. The highest BCUT2D eigenvalue weighted by atomic mass is 32.2. The molecular weight excluding hydrogens is 256 g/mol. The number of sulfonamides is 1. The molecule has 0 spiro atoms. The average molecular weight is 274 g/mol. The van der Waals surface area contributed by atoms with Crippen LogP contribution in [0.2, 0.25) is 0 Å². The van der Waals surface area contributed by atoms with E-state index in [0.29, 0.717) is 32.1 Å². The summed E-state index contributed by atoms with van der Waals surface area (Å²) in [6.45, 7) is 7.76. The summed E-state index contributed by atoms with van der Waals surface area (Å²) in [6, 6.07) is 2.91. The van der Waals surface area contributed by atoms with Crippen molar-refractivity contribution < 1.29 is 17.6 Å². The third kappa shape index (κ3) is 5.46. The molecular formula is C11H18N2O4S. The number of rotatable bonds is 8. The van der Waals surface area contributed by atoms with Gasteiger partial charge in [0, 0.05) is 6.54 Å². The molecule has 0 bridgehead atoms. The minimum Gasteiger partial charge on any atom is -0.447 e. The molecule has 0 unspecified atom stereocenters. The molecule has 0 amide bonds. The molecule has 0 saturated carbocycles. The van der Waals surface area contributed by atoms with E-state index in [1.807, 2.05) is 6.92 Å². The van der Waals surface area contributed by atoms with E-state index >= 15 is 0 Å². The summed E-state index contributed by atoms with van der Waals surface area (Å²) in [5.41, 5.74) is 0.971. The van der Waals surface area contributed by atoms with Crippen LogP contribution in [0.1, 0.15) is 12.7 Å². The zero-order chi connectivity index (χ0) is 13.6. The maximum absolute atomic E-state index is 11.0. The zero-order valence-electron chi connectivity index (χ0n) is 10.3. The minimum atomic E-state index is -3.76. The van der Waals surface area contributed by atoms with Crippen LogP contribution in [-0.4, -0.2) is 28.2 Å². The highest BCUT2D eigenvalue weighted by molar-refractivity contribution is 7.89. The topological polar surface area (TPSA) is 94.6 Å². The molecule has 0 aliphatic carbocycles. The van der Waals surface area contributed by atoms with Crippen molar-refractivity contribution in [2.75, 3.05) is 19.8 Å². The Kier molecular flexibility index (Phi) is 5.54. The van der Waals surface area contributed by atoms with Gasteiger partial charge in [0.15, 0.2) is 0 Å². The number of nitrogens with one attached hydrogen (secondary N) is 1. The molecule has 0 saturated heterocycles. The first-order valence-corrected chi connectivity index (χ1v) is 6.98. The first kappa shape index (κ1) is 14.9. The normalized spacial score (nSPS) is 11.7. The maximum Gasteiger partial charge on any atom is 0.271 e. The van der Waals surface area contributed by atoms with E-state index < -0.39 is 10.0 Å². The van der Waals surface area contributed by atoms with Crippen molar-refractivity contribution in [2.24, 2.45) is 5.14 Å². The van der Waals surface area contributed by atoms with Gasteiger partial charge in [0.05, 0.1) is 19.8 Å². The zero-order valence-corrected chi connectivity index (χ0v) is 11.1. The van der Waals surface area contributed by atoms with Gasteiger partial charge < -0.3 is 14.5 Å². The van der Waals surface area contributed by atoms with Crippen LogP contribution in [-0.2, 0) is 21.3 Å². The van der Waals surface area contributed by atoms with E-state index in [1.54, 1.807) is 6.07 Å². The number of ether oxygens (including phenoxy) is 1. The van der Waals surface area contributed by atoms with E-state index in [4.69, 9.17) is 14.3 Å². The Morgan fingerprint density at radius 3 is 2.83 bits per heavy atom. The van der Waals surface area contributed by atoms with Crippen molar-refractivity contribution in [3.05, 3.63) is 30.0 Å². The largest absolute Gasteiger partial charge is 0.447 e. The summed E-state index contributed by atoms with van der Waals surface area (Å²) in [4.78, 5) is 0. The van der Waals surface area contributed by atoms with Gasteiger partial charge in [-0.25, -0.2) is 13.6 Å². The Balaban J connectivity index is 2.24. The van der Waals surface area contributed by atoms with Crippen LogP contribution in [0.3, 0.4) is 0 Å². The Bertz CT molecular complexity index is 493. The van der Waals surface area contributed by atoms with Gasteiger partial charge in [0.2, 0.25) is 5.09 Å². The molecule has 18 heavy (non-hydrogen) atoms. The first-order chi connectivity index (χ1) is 8.39. The molecule has 0 aromatic carbocycles. The second kappa shape index (κ2) is 6.69. The van der Waals surface area contributed by atoms with Crippen LogP contribution in [0, 0.1) is 0 Å². The fourth-order valence-corrected chi connectivity index (χ4v) is 1.69. The van der Waals surface area contributed by atoms with Crippen molar-refractivity contribution >= 4 is 10.0 Å². The molecule has 7 heteroatoms. The third-order valence-electron chi connectivity index (χ3n) is 1.99. The number of primary sulfonamides is 1. The van der Waals surface area contributed by atoms with Crippen LogP contribution >= 0.6 is 0 Å². The lowest BCUT2D eigenvalue weighted by Gasteiger charge is -2.04. The number of furan rings is 1. The van der Waals surface area contributed by atoms with Gasteiger partial charge in [-0.15, -0.1) is 0 Å². The summed E-state index contributed by atoms with van der Waals surface area (Å²) >= 11 is 0. The van der Waals surface area contributed by atoms with Crippen LogP contribution in [0.4, 0.5) is 0 Å². The van der Waals surface area contributed by atoms with Crippen molar-refractivity contribution in [3.8, 4) is 0 Å². The van der Waals surface area contributed by atoms with Crippen molar-refractivity contribution in [1.29, 1.82) is 0 Å². The van der Waals surface area contributed by atoms with E-state index in [-0.39, 0.29) is 5.09 Å². The highest BCUT2D eigenvalue weighted by Gasteiger charge is 2.12. The lowest BCUT2D eigenvalue weighted by molar-refractivity contribution is 0.157. The van der Waals surface area contributed by atoms with Crippen LogP contribution in [0.25, 0.3) is 0 Å². The predicted octanol–water partition coefficient (Wildman–Crippen LogP) is 0.609. The third-order valence-corrected chi connectivity index (χ3v) is 2.77. The molecule has 0 aliphatic heterocycles. The second-order valence-electron chi connectivity index (χ2n) is 3.95. The maximum atomic E-state index is 11.0. The van der Waals surface area contributed by atoms with Gasteiger partial charge in [0.25, 0.3) is 10.0 Å². The predicted molar refractivity (Wildman–Crippen MR) is 67.4 cm³/mol. The molecule has 1 rings (SSSR count). The van der Waals surface area contributed by atoms with Crippen molar-refractivity contribution in [1.82, 2.24) is 5.32 Å². The van der Waals surface area contributed by atoms with Gasteiger partial charge >= 0.3 is 0 Å². The molecule has 1 aromatic heterocycles. The molecule has 102 valence electrons. The highest BCUT2D eigenvalue weighted by Crippen LogP contribution is 2.11. The summed E-state index contributed by atoms with van der Waals surface area (Å²) in [7, 11) is -3.76. The molecule has 0 fully saturated rings. The van der Waals surface area contributed by atoms with Crippen LogP contribution in [0.5, 0.6) is 0 Å². The van der Waals surface area contributed by atoms with Gasteiger partial charge in [-0.3, -0.25) is 0 Å². The molecule has 1 heterocycles. The van der Waals surface area contributed by atoms with Crippen molar-refractivity contribution in [3.63, 3.8) is 0 Å². The molecule has 0 aliphatic rings. The second-order valence-corrected chi connectivity index (χ2v) is 5.44. The summed E-state index contributed by atoms with van der Waals surface area (Å²) < 4.78 is 32.3. The molecule has 1 aromatic rings. The minimum absolute atomic E-state index is 0.224. The number of nitrogens with two attached hydrogens (primary N) is 1. The van der Waals surface area contributed by atoms with Gasteiger partial charge in [0.1, 0.15) is 5.76 Å². The smallest absolute Gasteiger partial charge is 0.271 e. The standard InChI is InChI=1S/C11H18N2O4S/c1-9(2)8-16-6-5-13-7-10-3-4-11(17-10)18(12,14)15/h3-4,13H,1,5-8H2,2H3,(H2,12,14,15). The van der Waals surface area contributed by atoms with Gasteiger partial charge in [-0.05, 0) is 19.1 Å². The monoisotopic (exact) mass is 274 g/mol. The quantitative estimate of drug-likeness (QED) is 0.535. The van der Waals surface area contributed by atoms with Crippen LogP contribution < -0.4 is 10.5 Å². The lowest BCUT2D eigenvalue weighted by atomic mass is 10.4. The molecule has 3 N–H and O–H groups in total. The van der Waals surface area contributed by atoms with E-state index in [2.05, 4.69) is 11.9 Å². The number of hydrogen-bond acceptors (Lipinski definition) is 5. The number of hydrogen-bond donors (Lipinski definition) is 2. The fraction of sp³-hybridized carbons (Fsp3) is 0.455. The van der Waals surface area contributed by atoms with E-state index in [9.17, 15) is 8.42 Å². The van der Waals surface area contributed by atoms with Gasteiger partial charge in [-0.2, -0.15) is 0 Å². The lowest BCUT2D eigenvalue weighted by Crippen LogP contribution is -2.19. The summed E-state index contributed by atoms with van der Waals surface area (Å²) in [5.74, 6) is 0.513. The Morgan fingerprint density at radius 1 is 1.56 bits per heavy atom. The SMILES string of the molecule is C=C(C)COCCNCc1ccc(S(N)(=O)=O)o1. The van der Waals surface area contributed by atoms with Crippen LogP contribution in [0.15, 0.2) is 33.8 Å². The van der Waals surface area contributed by atoms with Gasteiger partial charge in [-0.1, -0.05) is 12.2 Å². The Labute approximate surface area is 107 Å². The summed E-state index contributed by atoms with van der Waals surface area (Å²) in [5, 5.41) is 7.75. The Hall–Kier alpha value is -1.15. The fourth-order valence-electron chi connectivity index (χ4n) is 1.21. The Morgan fingerprint density at radius 2 is 2.28 bits per heavy atom. The molecule has 0 atom stereocenters.